The van der Waals surface area contributed by atoms with E-state index < -0.39 is 0 Å². The molecule has 3 saturated carbocycles. The summed E-state index contributed by atoms with van der Waals surface area (Å²) >= 11 is 0. The highest BCUT2D eigenvalue weighted by atomic mass is 16.5. The Kier molecular flexibility index (Phi) is 4.67. The molecule has 0 spiro atoms. The molecule has 4 heteroatoms. The molecule has 0 unspecified atom stereocenters. The van der Waals surface area contributed by atoms with E-state index in [1.807, 2.05) is 6.92 Å². The van der Waals surface area contributed by atoms with Gasteiger partial charge in [0.05, 0.1) is 5.71 Å². The van der Waals surface area contributed by atoms with Crippen LogP contribution in [-0.4, -0.2) is 23.0 Å². The zero-order chi connectivity index (χ0) is 19.4. The molecule has 0 aromatic rings. The lowest BCUT2D eigenvalue weighted by Crippen LogP contribution is -2.51. The summed E-state index contributed by atoms with van der Waals surface area (Å²) in [7, 11) is 0. The Morgan fingerprint density at radius 3 is 2.63 bits per heavy atom. The van der Waals surface area contributed by atoms with E-state index in [2.05, 4.69) is 25.1 Å². The first-order valence-electron chi connectivity index (χ1n) is 10.8. The van der Waals surface area contributed by atoms with Gasteiger partial charge in [-0.3, -0.25) is 4.79 Å². The minimum Gasteiger partial charge on any atom is -0.462 e. The van der Waals surface area contributed by atoms with Crippen LogP contribution in [0.1, 0.15) is 79.1 Å². The van der Waals surface area contributed by atoms with Crippen molar-refractivity contribution < 1.29 is 14.7 Å². The first kappa shape index (κ1) is 19.0. The van der Waals surface area contributed by atoms with Crippen molar-refractivity contribution in [1.82, 2.24) is 0 Å². The lowest BCUT2D eigenvalue weighted by Gasteiger charge is -2.58. The predicted molar refractivity (Wildman–Crippen MR) is 106 cm³/mol. The number of carbonyl (C=O) groups is 1. The standard InChI is InChI=1S/C23H35NO3/c1-14(24-26)19-7-8-20-18-6-5-16-13-17(27-15(2)25)9-11-22(16,3)21(18)10-12-23(19,20)4/h5,17-21,26H,6-13H2,1-4H3/b24-14-/t17-,18-,19+,20-,21+,22-,23+/m0/s1. The third-order valence-corrected chi connectivity index (χ3v) is 9.05. The summed E-state index contributed by atoms with van der Waals surface area (Å²) in [4.78, 5) is 11.4. The predicted octanol–water partition coefficient (Wildman–Crippen LogP) is 5.35. The smallest absolute Gasteiger partial charge is 0.302 e. The molecular formula is C23H35NO3. The minimum atomic E-state index is -0.149. The van der Waals surface area contributed by atoms with Gasteiger partial charge in [0.1, 0.15) is 6.10 Å². The molecule has 0 bridgehead atoms. The molecule has 7 atom stereocenters. The fourth-order valence-electron chi connectivity index (χ4n) is 7.72. The maximum Gasteiger partial charge on any atom is 0.302 e. The number of carbonyl (C=O) groups excluding carboxylic acids is 1. The second-order valence-electron chi connectivity index (χ2n) is 10.1. The molecule has 4 aliphatic carbocycles. The van der Waals surface area contributed by atoms with Gasteiger partial charge in [-0.1, -0.05) is 30.7 Å². The molecular weight excluding hydrogens is 338 g/mol. The highest BCUT2D eigenvalue weighted by molar-refractivity contribution is 5.85. The van der Waals surface area contributed by atoms with Crippen LogP contribution >= 0.6 is 0 Å². The lowest BCUT2D eigenvalue weighted by atomic mass is 9.47. The van der Waals surface area contributed by atoms with Crippen molar-refractivity contribution in [2.24, 2.45) is 39.7 Å². The molecule has 0 saturated heterocycles. The van der Waals surface area contributed by atoms with Crippen LogP contribution in [0.5, 0.6) is 0 Å². The van der Waals surface area contributed by atoms with Crippen molar-refractivity contribution in [3.05, 3.63) is 11.6 Å². The van der Waals surface area contributed by atoms with Crippen molar-refractivity contribution in [2.75, 3.05) is 0 Å². The van der Waals surface area contributed by atoms with Gasteiger partial charge in [-0.15, -0.1) is 0 Å². The Bertz CT molecular complexity index is 683. The van der Waals surface area contributed by atoms with Crippen LogP contribution < -0.4 is 0 Å². The van der Waals surface area contributed by atoms with Crippen LogP contribution in [0.25, 0.3) is 0 Å². The second-order valence-corrected chi connectivity index (χ2v) is 10.1. The summed E-state index contributed by atoms with van der Waals surface area (Å²) in [5.74, 6) is 2.52. The molecule has 4 nitrogen and oxygen atoms in total. The summed E-state index contributed by atoms with van der Waals surface area (Å²) in [5.41, 5.74) is 3.04. The van der Waals surface area contributed by atoms with E-state index in [0.29, 0.717) is 5.92 Å². The Balaban J connectivity index is 1.58. The van der Waals surface area contributed by atoms with Crippen molar-refractivity contribution in [3.63, 3.8) is 0 Å². The van der Waals surface area contributed by atoms with Crippen LogP contribution in [0.4, 0.5) is 0 Å². The third-order valence-electron chi connectivity index (χ3n) is 9.05. The molecule has 3 fully saturated rings. The minimum absolute atomic E-state index is 0.0755. The zero-order valence-corrected chi connectivity index (χ0v) is 17.3. The summed E-state index contributed by atoms with van der Waals surface area (Å²) in [6, 6.07) is 0. The highest BCUT2D eigenvalue weighted by Crippen LogP contribution is 2.66. The molecule has 0 aromatic carbocycles. The molecule has 0 aliphatic heterocycles. The topological polar surface area (TPSA) is 58.9 Å². The zero-order valence-electron chi connectivity index (χ0n) is 17.3. The Labute approximate surface area is 163 Å². The van der Waals surface area contributed by atoms with Gasteiger partial charge in [0, 0.05) is 19.3 Å². The SMILES string of the molecule is CC(=O)O[C@H]1CC[C@@]2(C)C(=CC[C@@H]3[C@H]2CC[C@]2(C)[C@@H](/C(C)=N\O)CC[C@@H]32)C1. The lowest BCUT2D eigenvalue weighted by molar-refractivity contribution is -0.148. The van der Waals surface area contributed by atoms with Crippen LogP contribution in [0, 0.1) is 34.5 Å². The van der Waals surface area contributed by atoms with Crippen LogP contribution in [0.15, 0.2) is 16.8 Å². The van der Waals surface area contributed by atoms with E-state index in [4.69, 9.17) is 4.74 Å². The first-order chi connectivity index (χ1) is 12.8. The van der Waals surface area contributed by atoms with E-state index in [1.165, 1.54) is 39.0 Å². The molecule has 1 N–H and O–H groups in total. The van der Waals surface area contributed by atoms with Crippen molar-refractivity contribution in [1.29, 1.82) is 0 Å². The van der Waals surface area contributed by atoms with Crippen molar-refractivity contribution >= 4 is 11.7 Å². The fourth-order valence-corrected chi connectivity index (χ4v) is 7.72. The average Bonchev–Trinajstić information content (AvgIpc) is 2.98. The number of rotatable bonds is 2. The Morgan fingerprint density at radius 1 is 1.15 bits per heavy atom. The van der Waals surface area contributed by atoms with Gasteiger partial charge in [0.2, 0.25) is 0 Å². The molecule has 0 radical (unpaired) electrons. The van der Waals surface area contributed by atoms with Gasteiger partial charge in [-0.05, 0) is 80.5 Å². The van der Waals surface area contributed by atoms with Crippen molar-refractivity contribution in [2.45, 2.75) is 85.2 Å². The second kappa shape index (κ2) is 6.63. The third kappa shape index (κ3) is 2.86. The summed E-state index contributed by atoms with van der Waals surface area (Å²) in [6.07, 6.45) is 11.8. The highest BCUT2D eigenvalue weighted by Gasteiger charge is 2.59. The molecule has 0 heterocycles. The van der Waals surface area contributed by atoms with E-state index in [-0.39, 0.29) is 22.9 Å². The molecule has 0 aromatic heterocycles. The van der Waals surface area contributed by atoms with Crippen LogP contribution in [-0.2, 0) is 9.53 Å². The molecule has 27 heavy (non-hydrogen) atoms. The average molecular weight is 374 g/mol. The monoisotopic (exact) mass is 373 g/mol. The van der Waals surface area contributed by atoms with Gasteiger partial charge >= 0.3 is 5.97 Å². The number of fused-ring (bicyclic) bond motifs is 5. The van der Waals surface area contributed by atoms with E-state index >= 15 is 0 Å². The van der Waals surface area contributed by atoms with Crippen LogP contribution in [0.3, 0.4) is 0 Å². The number of hydrogen-bond donors (Lipinski definition) is 1. The first-order valence-corrected chi connectivity index (χ1v) is 10.8. The van der Waals surface area contributed by atoms with Gasteiger partial charge in [-0.2, -0.15) is 0 Å². The van der Waals surface area contributed by atoms with E-state index in [0.717, 1.165) is 42.7 Å². The molecule has 4 rings (SSSR count). The van der Waals surface area contributed by atoms with Gasteiger partial charge in [0.15, 0.2) is 0 Å². The molecule has 150 valence electrons. The Hall–Kier alpha value is -1.32. The molecule has 0 amide bonds. The molecule has 4 aliphatic rings. The number of nitrogens with zero attached hydrogens (tertiary/aromatic N) is 1. The maximum atomic E-state index is 11.4. The van der Waals surface area contributed by atoms with Gasteiger partial charge in [-0.25, -0.2) is 0 Å². The quantitative estimate of drug-likeness (QED) is 0.233. The van der Waals surface area contributed by atoms with E-state index in [9.17, 15) is 10.0 Å². The normalized spacial score (nSPS) is 46.7. The summed E-state index contributed by atoms with van der Waals surface area (Å²) in [6.45, 7) is 8.46. The number of ether oxygens (including phenoxy) is 1. The van der Waals surface area contributed by atoms with E-state index in [1.54, 1.807) is 5.57 Å². The van der Waals surface area contributed by atoms with Crippen LogP contribution in [0.2, 0.25) is 0 Å². The number of esters is 1. The summed E-state index contributed by atoms with van der Waals surface area (Å²) in [5, 5.41) is 12.9. The Morgan fingerprint density at radius 2 is 1.93 bits per heavy atom. The fraction of sp³-hybridized carbons (Fsp3) is 0.826. The largest absolute Gasteiger partial charge is 0.462 e. The summed E-state index contributed by atoms with van der Waals surface area (Å²) < 4.78 is 5.54. The number of allylic oxidation sites excluding steroid dienone is 1. The van der Waals surface area contributed by atoms with Gasteiger partial charge in [0.25, 0.3) is 0 Å². The number of oxime groups is 1. The maximum absolute atomic E-state index is 11.4. The van der Waals surface area contributed by atoms with Crippen molar-refractivity contribution in [3.8, 4) is 0 Å². The van der Waals surface area contributed by atoms with Gasteiger partial charge < -0.3 is 9.94 Å². The number of hydrogen-bond acceptors (Lipinski definition) is 4.